The summed E-state index contributed by atoms with van der Waals surface area (Å²) in [4.78, 5) is 9.91. The first-order valence-electron chi connectivity index (χ1n) is 5.29. The molecule has 1 aromatic heterocycles. The summed E-state index contributed by atoms with van der Waals surface area (Å²) < 4.78 is 5.04. The molecule has 4 nitrogen and oxygen atoms in total. The van der Waals surface area contributed by atoms with Crippen molar-refractivity contribution in [1.82, 2.24) is 0 Å². The maximum atomic E-state index is 10.5. The lowest BCUT2D eigenvalue weighted by molar-refractivity contribution is -0.402. The second kappa shape index (κ2) is 5.82. The van der Waals surface area contributed by atoms with E-state index in [1.54, 1.807) is 18.2 Å². The van der Waals surface area contributed by atoms with Crippen LogP contribution in [0.15, 0.2) is 34.7 Å². The number of alkyl halides is 1. The van der Waals surface area contributed by atoms with Crippen LogP contribution in [-0.2, 0) is 6.42 Å². The van der Waals surface area contributed by atoms with Crippen molar-refractivity contribution >= 4 is 40.7 Å². The number of halogens is 3. The minimum absolute atomic E-state index is 0.324. The molecular formula is C12H8Cl3NO3. The normalized spacial score (nSPS) is 12.4. The Morgan fingerprint density at radius 2 is 1.95 bits per heavy atom. The van der Waals surface area contributed by atoms with E-state index in [0.29, 0.717) is 22.2 Å². The van der Waals surface area contributed by atoms with Gasteiger partial charge in [0.2, 0.25) is 0 Å². The van der Waals surface area contributed by atoms with Gasteiger partial charge in [0.15, 0.2) is 0 Å². The Morgan fingerprint density at radius 3 is 2.53 bits per heavy atom. The van der Waals surface area contributed by atoms with E-state index in [9.17, 15) is 10.1 Å². The molecule has 2 rings (SSSR count). The predicted molar refractivity (Wildman–Crippen MR) is 74.1 cm³/mol. The smallest absolute Gasteiger partial charge is 0.404 e. The second-order valence-electron chi connectivity index (χ2n) is 3.85. The third-order valence-electron chi connectivity index (χ3n) is 2.50. The topological polar surface area (TPSA) is 56.3 Å². The van der Waals surface area contributed by atoms with Crippen LogP contribution in [-0.4, -0.2) is 4.92 Å². The zero-order valence-electron chi connectivity index (χ0n) is 9.48. The van der Waals surface area contributed by atoms with E-state index in [0.717, 1.165) is 5.56 Å². The third kappa shape index (κ3) is 3.41. The van der Waals surface area contributed by atoms with Crippen molar-refractivity contribution in [1.29, 1.82) is 0 Å². The summed E-state index contributed by atoms with van der Waals surface area (Å²) >= 11 is 17.9. The molecule has 19 heavy (non-hydrogen) atoms. The Hall–Kier alpha value is -1.23. The fourth-order valence-corrected chi connectivity index (χ4v) is 2.20. The Kier molecular flexibility index (Phi) is 4.34. The average molecular weight is 321 g/mol. The van der Waals surface area contributed by atoms with Gasteiger partial charge in [0.25, 0.3) is 0 Å². The minimum atomic E-state index is -0.605. The van der Waals surface area contributed by atoms with Crippen molar-refractivity contribution in [2.45, 2.75) is 11.8 Å². The van der Waals surface area contributed by atoms with E-state index < -0.39 is 10.3 Å². The highest BCUT2D eigenvalue weighted by molar-refractivity contribution is 6.42. The van der Waals surface area contributed by atoms with Gasteiger partial charge in [-0.2, -0.15) is 0 Å². The van der Waals surface area contributed by atoms with Crippen molar-refractivity contribution < 1.29 is 9.34 Å². The molecule has 1 heterocycles. The third-order valence-corrected chi connectivity index (χ3v) is 3.61. The van der Waals surface area contributed by atoms with Crippen LogP contribution in [0.4, 0.5) is 5.88 Å². The second-order valence-corrected chi connectivity index (χ2v) is 5.19. The summed E-state index contributed by atoms with van der Waals surface area (Å²) in [7, 11) is 0. The van der Waals surface area contributed by atoms with Crippen molar-refractivity contribution in [2.75, 3.05) is 0 Å². The Morgan fingerprint density at radius 1 is 1.21 bits per heavy atom. The van der Waals surface area contributed by atoms with E-state index in [2.05, 4.69) is 0 Å². The summed E-state index contributed by atoms with van der Waals surface area (Å²) in [6.07, 6.45) is 0.434. The van der Waals surface area contributed by atoms with E-state index in [-0.39, 0.29) is 5.88 Å². The molecule has 0 amide bonds. The van der Waals surface area contributed by atoms with Crippen LogP contribution in [0, 0.1) is 10.1 Å². The molecule has 0 aliphatic heterocycles. The Labute approximate surface area is 124 Å². The first-order chi connectivity index (χ1) is 8.97. The van der Waals surface area contributed by atoms with Crippen LogP contribution in [0.2, 0.25) is 10.0 Å². The van der Waals surface area contributed by atoms with Crippen LogP contribution in [0.3, 0.4) is 0 Å². The van der Waals surface area contributed by atoms with Crippen LogP contribution >= 0.6 is 34.8 Å². The van der Waals surface area contributed by atoms with Crippen molar-refractivity contribution in [2.24, 2.45) is 0 Å². The molecular weight excluding hydrogens is 312 g/mol. The van der Waals surface area contributed by atoms with Crippen LogP contribution in [0.5, 0.6) is 0 Å². The number of nitrogens with zero attached hydrogens (tertiary/aromatic N) is 1. The molecule has 1 atom stereocenters. The number of hydrogen-bond donors (Lipinski definition) is 0. The summed E-state index contributed by atoms with van der Waals surface area (Å²) in [6.45, 7) is 0. The molecule has 1 aromatic carbocycles. The monoisotopic (exact) mass is 319 g/mol. The molecule has 0 aliphatic rings. The van der Waals surface area contributed by atoms with E-state index in [1.165, 1.54) is 12.1 Å². The lowest BCUT2D eigenvalue weighted by atomic mass is 10.1. The summed E-state index contributed by atoms with van der Waals surface area (Å²) in [5.74, 6) is 0.0224. The van der Waals surface area contributed by atoms with Gasteiger partial charge in [0, 0.05) is 0 Å². The summed E-state index contributed by atoms with van der Waals surface area (Å²) in [5.41, 5.74) is 0.869. The molecule has 0 bridgehead atoms. The molecule has 0 fully saturated rings. The minimum Gasteiger partial charge on any atom is -0.404 e. The van der Waals surface area contributed by atoms with Gasteiger partial charge in [-0.05, 0) is 30.2 Å². The molecule has 0 saturated heterocycles. The largest absolute Gasteiger partial charge is 0.433 e. The molecule has 0 saturated carbocycles. The average Bonchev–Trinajstić information content (AvgIpc) is 2.83. The van der Waals surface area contributed by atoms with Gasteiger partial charge in [-0.3, -0.25) is 10.1 Å². The molecule has 2 aromatic rings. The fourth-order valence-electron chi connectivity index (χ4n) is 1.58. The number of hydrogen-bond acceptors (Lipinski definition) is 3. The van der Waals surface area contributed by atoms with Crippen molar-refractivity contribution in [3.8, 4) is 0 Å². The molecule has 1 unspecified atom stereocenters. The summed E-state index contributed by atoms with van der Waals surface area (Å²) in [5, 5.41) is 10.9. The number of furan rings is 1. The van der Waals surface area contributed by atoms with Gasteiger partial charge in [0.05, 0.1) is 21.5 Å². The van der Waals surface area contributed by atoms with Gasteiger partial charge < -0.3 is 4.42 Å². The first-order valence-corrected chi connectivity index (χ1v) is 6.48. The molecule has 7 heteroatoms. The van der Waals surface area contributed by atoms with E-state index in [4.69, 9.17) is 39.2 Å². The fraction of sp³-hybridized carbons (Fsp3) is 0.167. The lowest BCUT2D eigenvalue weighted by Crippen LogP contribution is -1.94. The zero-order chi connectivity index (χ0) is 14.0. The van der Waals surface area contributed by atoms with Gasteiger partial charge in [-0.1, -0.05) is 29.3 Å². The molecule has 100 valence electrons. The molecule has 0 aliphatic carbocycles. The van der Waals surface area contributed by atoms with Crippen molar-refractivity contribution in [3.05, 3.63) is 61.8 Å². The Balaban J connectivity index is 2.13. The quantitative estimate of drug-likeness (QED) is 0.451. The van der Waals surface area contributed by atoms with Gasteiger partial charge >= 0.3 is 5.88 Å². The molecule has 0 radical (unpaired) electrons. The maximum Gasteiger partial charge on any atom is 0.433 e. The van der Waals surface area contributed by atoms with Crippen LogP contribution in [0.25, 0.3) is 0 Å². The van der Waals surface area contributed by atoms with Crippen LogP contribution < -0.4 is 0 Å². The SMILES string of the molecule is O=[N+]([O-])c1ccc(C(Cl)Cc2ccc(Cl)c(Cl)c2)o1. The number of rotatable bonds is 4. The number of benzene rings is 1. The van der Waals surface area contributed by atoms with Crippen LogP contribution in [0.1, 0.15) is 16.7 Å². The molecule has 0 N–H and O–H groups in total. The standard InChI is InChI=1S/C12H8Cl3NO3/c13-8-2-1-7(5-9(8)14)6-10(15)11-3-4-12(19-11)16(17)18/h1-5,10H,6H2. The number of nitro groups is 1. The van der Waals surface area contributed by atoms with E-state index in [1.807, 2.05) is 0 Å². The van der Waals surface area contributed by atoms with Gasteiger partial charge in [-0.15, -0.1) is 11.6 Å². The molecule has 0 spiro atoms. The lowest BCUT2D eigenvalue weighted by Gasteiger charge is -2.07. The highest BCUT2D eigenvalue weighted by Gasteiger charge is 2.18. The van der Waals surface area contributed by atoms with Gasteiger partial charge in [0.1, 0.15) is 10.7 Å². The zero-order valence-corrected chi connectivity index (χ0v) is 11.7. The predicted octanol–water partition coefficient (Wildman–Crippen LogP) is 5.02. The summed E-state index contributed by atoms with van der Waals surface area (Å²) in [6, 6.07) is 7.94. The highest BCUT2D eigenvalue weighted by Crippen LogP contribution is 2.31. The Bertz CT molecular complexity index is 612. The van der Waals surface area contributed by atoms with E-state index >= 15 is 0 Å². The maximum absolute atomic E-state index is 10.5. The highest BCUT2D eigenvalue weighted by atomic mass is 35.5. The van der Waals surface area contributed by atoms with Gasteiger partial charge in [-0.25, -0.2) is 0 Å². The first kappa shape index (κ1) is 14.2. The van der Waals surface area contributed by atoms with Crippen molar-refractivity contribution in [3.63, 3.8) is 0 Å².